The van der Waals surface area contributed by atoms with Gasteiger partial charge >= 0.3 is 0 Å². The second-order valence-corrected chi connectivity index (χ2v) is 0. The zero-order valence-electron chi connectivity index (χ0n) is 1.61. The molecule has 0 aliphatic rings. The summed E-state index contributed by atoms with van der Waals surface area (Å²) in [5, 5.41) is 0. The smallest absolute Gasteiger partial charge is 0 e. The first kappa shape index (κ1) is 46.5. The van der Waals surface area contributed by atoms with Gasteiger partial charge in [-0.25, -0.2) is 0 Å². The summed E-state index contributed by atoms with van der Waals surface area (Å²) in [5.41, 5.74) is 0. The van der Waals surface area contributed by atoms with Crippen LogP contribution < -0.4 is 0 Å². The van der Waals surface area contributed by atoms with E-state index in [-0.39, 0.29) is 89.3 Å². The maximum atomic E-state index is 0. The molecule has 0 aromatic rings. The first-order valence-corrected chi connectivity index (χ1v) is 0. The zero-order valence-corrected chi connectivity index (χ0v) is 8.31. The Morgan fingerprint density at radius 3 is 0.400 bits per heavy atom. The Morgan fingerprint density at radius 1 is 0.400 bits per heavy atom. The predicted octanol–water partition coefficient (Wildman–Crippen LogP) is -0.0125. The molecule has 0 aromatic carbocycles. The Labute approximate surface area is 88.1 Å². The quantitative estimate of drug-likeness (QED) is 0.468. The molecule has 50 valence electrons. The van der Waals surface area contributed by atoms with Crippen LogP contribution in [-0.2, 0) is 89.3 Å². The molecule has 5 heteroatoms. The fourth-order valence-electron chi connectivity index (χ4n) is 0. The van der Waals surface area contributed by atoms with E-state index in [1.54, 1.807) is 0 Å². The van der Waals surface area contributed by atoms with E-state index in [9.17, 15) is 0 Å². The molecule has 0 heterocycles. The summed E-state index contributed by atoms with van der Waals surface area (Å²) in [6, 6.07) is 0. The van der Waals surface area contributed by atoms with Gasteiger partial charge in [0.2, 0.25) is 0 Å². The Kier molecular flexibility index (Phi) is 273. The van der Waals surface area contributed by atoms with E-state index < -0.39 is 0 Å². The molecular formula is Cu4W. The van der Waals surface area contributed by atoms with Gasteiger partial charge in [-0.2, -0.15) is 0 Å². The van der Waals surface area contributed by atoms with Crippen molar-refractivity contribution in [3.05, 3.63) is 0 Å². The van der Waals surface area contributed by atoms with Crippen LogP contribution in [0.5, 0.6) is 0 Å². The van der Waals surface area contributed by atoms with E-state index in [1.807, 2.05) is 0 Å². The van der Waals surface area contributed by atoms with Gasteiger partial charge in [0, 0.05) is 89.3 Å². The topological polar surface area (TPSA) is 0 Å². The molecule has 0 rings (SSSR count). The zero-order chi connectivity index (χ0) is 0. The molecule has 0 aromatic heterocycles. The third kappa shape index (κ3) is 20.1. The van der Waals surface area contributed by atoms with Crippen LogP contribution in [0.3, 0.4) is 0 Å². The van der Waals surface area contributed by atoms with E-state index >= 15 is 0 Å². The molecule has 0 fully saturated rings. The van der Waals surface area contributed by atoms with E-state index in [4.69, 9.17) is 0 Å². The van der Waals surface area contributed by atoms with Crippen LogP contribution in [0.4, 0.5) is 0 Å². The van der Waals surface area contributed by atoms with Crippen molar-refractivity contribution in [1.29, 1.82) is 0 Å². The van der Waals surface area contributed by atoms with E-state index in [2.05, 4.69) is 0 Å². The SMILES string of the molecule is [Cu].[Cu].[Cu].[Cu].[W]. The average Bonchev–Trinajstić information content (AvgIpc) is 0. The summed E-state index contributed by atoms with van der Waals surface area (Å²) < 4.78 is 0. The van der Waals surface area contributed by atoms with Crippen molar-refractivity contribution in [2.24, 2.45) is 0 Å². The van der Waals surface area contributed by atoms with Gasteiger partial charge in [-0.3, -0.25) is 0 Å². The summed E-state index contributed by atoms with van der Waals surface area (Å²) in [5.74, 6) is 0. The minimum atomic E-state index is 0. The summed E-state index contributed by atoms with van der Waals surface area (Å²) in [4.78, 5) is 0. The monoisotopic (exact) mass is 436 g/mol. The molecule has 0 nitrogen and oxygen atoms in total. The van der Waals surface area contributed by atoms with Crippen LogP contribution in [0.2, 0.25) is 0 Å². The third-order valence-electron chi connectivity index (χ3n) is 0. The molecule has 0 spiro atoms. The molecule has 0 aliphatic heterocycles. The van der Waals surface area contributed by atoms with Crippen LogP contribution in [0, 0.1) is 0 Å². The van der Waals surface area contributed by atoms with Crippen molar-refractivity contribution in [1.82, 2.24) is 0 Å². The summed E-state index contributed by atoms with van der Waals surface area (Å²) in [6.07, 6.45) is 0. The molecule has 0 bridgehead atoms. The van der Waals surface area contributed by atoms with E-state index in [0.29, 0.717) is 0 Å². The van der Waals surface area contributed by atoms with Gasteiger partial charge in [0.25, 0.3) is 0 Å². The van der Waals surface area contributed by atoms with Crippen molar-refractivity contribution >= 4 is 0 Å². The standard InChI is InChI=1S/4Cu.W. The first-order chi connectivity index (χ1) is 0. The summed E-state index contributed by atoms with van der Waals surface area (Å²) in [7, 11) is 0. The maximum Gasteiger partial charge on any atom is 0 e. The average molecular weight is 438 g/mol. The molecular weight excluding hydrogens is 438 g/mol. The molecule has 5 heavy (non-hydrogen) atoms. The fraction of sp³-hybridized carbons (Fsp3) is 0. The van der Waals surface area contributed by atoms with Crippen LogP contribution >= 0.6 is 0 Å². The second-order valence-electron chi connectivity index (χ2n) is 0. The molecule has 0 N–H and O–H groups in total. The second kappa shape index (κ2) is 29.4. The van der Waals surface area contributed by atoms with Crippen molar-refractivity contribution in [3.8, 4) is 0 Å². The minimum Gasteiger partial charge on any atom is 0 e. The number of hydrogen-bond acceptors (Lipinski definition) is 0. The van der Waals surface area contributed by atoms with Gasteiger partial charge in [0.1, 0.15) is 0 Å². The number of hydrogen-bond donors (Lipinski definition) is 0. The largest absolute Gasteiger partial charge is 0 e. The van der Waals surface area contributed by atoms with Gasteiger partial charge in [0.05, 0.1) is 0 Å². The maximum absolute atomic E-state index is 0. The van der Waals surface area contributed by atoms with Gasteiger partial charge in [-0.15, -0.1) is 0 Å². The summed E-state index contributed by atoms with van der Waals surface area (Å²) in [6.45, 7) is 0. The Hall–Kier alpha value is 2.77. The Morgan fingerprint density at radius 2 is 0.400 bits per heavy atom. The minimum absolute atomic E-state index is 0. The number of rotatable bonds is 0. The molecule has 0 aliphatic carbocycles. The summed E-state index contributed by atoms with van der Waals surface area (Å²) >= 11 is 0. The molecule has 0 saturated carbocycles. The van der Waals surface area contributed by atoms with Crippen molar-refractivity contribution in [3.63, 3.8) is 0 Å². The van der Waals surface area contributed by atoms with Gasteiger partial charge in [-0.1, -0.05) is 0 Å². The fourth-order valence-corrected chi connectivity index (χ4v) is 0. The molecule has 0 unspecified atom stereocenters. The van der Waals surface area contributed by atoms with Crippen molar-refractivity contribution < 1.29 is 89.3 Å². The van der Waals surface area contributed by atoms with Crippen LogP contribution in [0.1, 0.15) is 0 Å². The molecule has 4 radical (unpaired) electrons. The van der Waals surface area contributed by atoms with Gasteiger partial charge in [-0.05, 0) is 0 Å². The van der Waals surface area contributed by atoms with Crippen LogP contribution in [-0.4, -0.2) is 0 Å². The third-order valence-corrected chi connectivity index (χ3v) is 0. The Bertz CT molecular complexity index is 3.61. The van der Waals surface area contributed by atoms with Crippen LogP contribution in [0.25, 0.3) is 0 Å². The van der Waals surface area contributed by atoms with E-state index in [0.717, 1.165) is 0 Å². The normalized spacial score (nSPS) is 0. The predicted molar refractivity (Wildman–Crippen MR) is 0 cm³/mol. The molecule has 0 atom stereocenters. The Balaban J connectivity index is 0. The molecule has 0 amide bonds. The molecule has 0 saturated heterocycles. The van der Waals surface area contributed by atoms with Crippen LogP contribution in [0.15, 0.2) is 0 Å². The van der Waals surface area contributed by atoms with Gasteiger partial charge < -0.3 is 0 Å². The first-order valence-electron chi connectivity index (χ1n) is 0. The van der Waals surface area contributed by atoms with Crippen molar-refractivity contribution in [2.45, 2.75) is 0 Å². The van der Waals surface area contributed by atoms with Crippen molar-refractivity contribution in [2.75, 3.05) is 0 Å². The van der Waals surface area contributed by atoms with Gasteiger partial charge in [0.15, 0.2) is 0 Å². The van der Waals surface area contributed by atoms with E-state index in [1.165, 1.54) is 0 Å².